The van der Waals surface area contributed by atoms with Gasteiger partial charge in [0, 0.05) is 16.3 Å². The lowest BCUT2D eigenvalue weighted by Gasteiger charge is -2.02. The molecule has 0 spiro atoms. The molecule has 0 fully saturated rings. The second-order valence-corrected chi connectivity index (χ2v) is 4.33. The summed E-state index contributed by atoms with van der Waals surface area (Å²) in [6.45, 7) is 0. The van der Waals surface area contributed by atoms with Crippen molar-refractivity contribution in [3.63, 3.8) is 0 Å². The van der Waals surface area contributed by atoms with Crippen LogP contribution in [-0.2, 0) is 0 Å². The highest BCUT2D eigenvalue weighted by atomic mass is 16.7. The van der Waals surface area contributed by atoms with Gasteiger partial charge < -0.3 is 10.2 Å². The number of aliphatic hydroxyl groups is 2. The van der Waals surface area contributed by atoms with Gasteiger partial charge in [-0.1, -0.05) is 0 Å². The minimum atomic E-state index is -0.913. The van der Waals surface area contributed by atoms with Crippen LogP contribution in [0.4, 0.5) is 0 Å². The van der Waals surface area contributed by atoms with Gasteiger partial charge in [-0.3, -0.25) is 14.7 Å². The van der Waals surface area contributed by atoms with Gasteiger partial charge in [-0.25, -0.2) is 0 Å². The Morgan fingerprint density at radius 3 is 1.80 bits per heavy atom. The fourth-order valence-corrected chi connectivity index (χ4v) is 2.15. The highest BCUT2D eigenvalue weighted by Crippen LogP contribution is 2.19. The lowest BCUT2D eigenvalue weighted by molar-refractivity contribution is -0.404. The molecular formula is C14H10N2O4. The van der Waals surface area contributed by atoms with Gasteiger partial charge in [0.25, 0.3) is 0 Å². The van der Waals surface area contributed by atoms with Crippen molar-refractivity contribution in [1.29, 1.82) is 0 Å². The van der Waals surface area contributed by atoms with E-state index in [1.807, 2.05) is 24.3 Å². The van der Waals surface area contributed by atoms with Crippen LogP contribution in [0.2, 0.25) is 0 Å². The number of hydrogen-bond donors (Lipinski definition) is 2. The monoisotopic (exact) mass is 270 g/mol. The first-order valence-corrected chi connectivity index (χ1v) is 5.85. The van der Waals surface area contributed by atoms with Gasteiger partial charge in [0.05, 0.1) is 5.22 Å². The van der Waals surface area contributed by atoms with Crippen molar-refractivity contribution in [2.75, 3.05) is 0 Å². The second-order valence-electron chi connectivity index (χ2n) is 4.33. The molecule has 3 rings (SSSR count). The van der Waals surface area contributed by atoms with Gasteiger partial charge in [-0.2, -0.15) is 0 Å². The zero-order valence-corrected chi connectivity index (χ0v) is 10.2. The van der Waals surface area contributed by atoms with E-state index in [0.717, 1.165) is 11.0 Å². The van der Waals surface area contributed by atoms with Crippen LogP contribution in [0.5, 0.6) is 0 Å². The maximum absolute atomic E-state index is 10.5. The van der Waals surface area contributed by atoms with E-state index in [0.29, 0.717) is 5.22 Å². The van der Waals surface area contributed by atoms with E-state index < -0.39 is 10.8 Å². The lowest BCUT2D eigenvalue weighted by atomic mass is 10.2. The van der Waals surface area contributed by atoms with E-state index >= 15 is 0 Å². The van der Waals surface area contributed by atoms with Crippen molar-refractivity contribution in [3.8, 4) is 0 Å². The van der Waals surface area contributed by atoms with E-state index in [-0.39, 0.29) is 11.1 Å². The molecule has 3 aromatic rings. The third kappa shape index (κ3) is 1.74. The Balaban J connectivity index is 2.18. The Hall–Kier alpha value is -3.02. The summed E-state index contributed by atoms with van der Waals surface area (Å²) in [6.07, 6.45) is 0. The van der Waals surface area contributed by atoms with Crippen molar-refractivity contribution in [3.05, 3.63) is 69.1 Å². The van der Waals surface area contributed by atoms with Crippen molar-refractivity contribution in [2.45, 2.75) is 0 Å². The fraction of sp³-hybridized carbons (Fsp3) is 0. The van der Waals surface area contributed by atoms with Crippen LogP contribution in [0.25, 0.3) is 22.8 Å². The van der Waals surface area contributed by atoms with Gasteiger partial charge in [-0.05, 0) is 48.5 Å². The zero-order valence-electron chi connectivity index (χ0n) is 10.2. The van der Waals surface area contributed by atoms with Crippen LogP contribution < -0.4 is 10.4 Å². The molecule has 2 aromatic heterocycles. The molecule has 0 aliphatic heterocycles. The minimum Gasteiger partial charge on any atom is -0.494 e. The van der Waals surface area contributed by atoms with Crippen molar-refractivity contribution in [2.24, 2.45) is 0 Å². The maximum Gasteiger partial charge on any atom is 0.432 e. The van der Waals surface area contributed by atoms with Crippen LogP contribution in [0.3, 0.4) is 0 Å². The van der Waals surface area contributed by atoms with Gasteiger partial charge in [-0.15, -0.1) is 0 Å². The molecule has 0 aliphatic rings. The summed E-state index contributed by atoms with van der Waals surface area (Å²) in [5.74, 6) is -0.874. The molecule has 1 aromatic carbocycles. The number of fused-ring (bicyclic) bond motifs is 2. The molecular weight excluding hydrogens is 260 g/mol. The molecule has 0 aliphatic carbocycles. The van der Waals surface area contributed by atoms with Gasteiger partial charge >= 0.3 is 5.88 Å². The molecule has 0 atom stereocenters. The number of benzene rings is 2. The normalized spacial score (nSPS) is 10.8. The standard InChI is InChI=1S/C14H10N2O4/c17-13(15-11-5-6-12(15)8-7-11)9-1-3-10(4-2-9)14(18)16(19)20/h1-8,17-18H. The smallest absolute Gasteiger partial charge is 0.432 e. The van der Waals surface area contributed by atoms with Gasteiger partial charge in [0.1, 0.15) is 4.92 Å². The summed E-state index contributed by atoms with van der Waals surface area (Å²) < 4.78 is 1.67. The van der Waals surface area contributed by atoms with Crippen LogP contribution in [0.15, 0.2) is 48.5 Å². The quantitative estimate of drug-likeness (QED) is 0.540. The molecule has 2 bridgehead atoms. The maximum atomic E-state index is 10.5. The van der Waals surface area contributed by atoms with Gasteiger partial charge in [0.2, 0.25) is 5.88 Å². The molecule has 0 amide bonds. The Bertz CT molecular complexity index is 839. The molecule has 0 radical (unpaired) electrons. The van der Waals surface area contributed by atoms with E-state index in [2.05, 4.69) is 0 Å². The average molecular weight is 270 g/mol. The molecule has 2 N–H and O–H groups in total. The number of aromatic nitrogens is 1. The summed E-state index contributed by atoms with van der Waals surface area (Å²) in [7, 11) is 0. The number of rotatable bonds is 2. The largest absolute Gasteiger partial charge is 0.494 e. The van der Waals surface area contributed by atoms with Crippen molar-refractivity contribution < 1.29 is 15.1 Å². The van der Waals surface area contributed by atoms with Crippen LogP contribution in [0, 0.1) is 10.1 Å². The number of nitro groups is 1. The van der Waals surface area contributed by atoms with Crippen LogP contribution in [0.1, 0.15) is 0 Å². The topological polar surface area (TPSA) is 88.5 Å². The highest BCUT2D eigenvalue weighted by molar-refractivity contribution is 5.74. The minimum absolute atomic E-state index is 0.0390. The Labute approximate surface area is 112 Å². The summed E-state index contributed by atoms with van der Waals surface area (Å²) in [5.41, 5.74) is 1.72. The Morgan fingerprint density at radius 2 is 1.35 bits per heavy atom. The van der Waals surface area contributed by atoms with Crippen LogP contribution in [-0.4, -0.2) is 19.7 Å². The molecule has 0 saturated carbocycles. The predicted octanol–water partition coefficient (Wildman–Crippen LogP) is 1.15. The molecule has 6 nitrogen and oxygen atoms in total. The van der Waals surface area contributed by atoms with E-state index in [4.69, 9.17) is 0 Å². The van der Waals surface area contributed by atoms with E-state index in [1.54, 1.807) is 4.57 Å². The summed E-state index contributed by atoms with van der Waals surface area (Å²) in [5, 5.41) is 30.6. The predicted molar refractivity (Wildman–Crippen MR) is 73.3 cm³/mol. The molecule has 20 heavy (non-hydrogen) atoms. The third-order valence-electron chi connectivity index (χ3n) is 3.15. The molecule has 100 valence electrons. The van der Waals surface area contributed by atoms with E-state index in [1.165, 1.54) is 24.3 Å². The first-order valence-electron chi connectivity index (χ1n) is 5.85. The summed E-state index contributed by atoms with van der Waals surface area (Å²) in [6, 6.07) is 13.3. The molecule has 6 heteroatoms. The zero-order chi connectivity index (χ0) is 14.3. The highest BCUT2D eigenvalue weighted by Gasteiger charge is 2.09. The number of hydrogen-bond acceptors (Lipinski definition) is 4. The van der Waals surface area contributed by atoms with Gasteiger partial charge in [0.15, 0.2) is 0 Å². The van der Waals surface area contributed by atoms with Crippen molar-refractivity contribution >= 4 is 22.8 Å². The van der Waals surface area contributed by atoms with Crippen molar-refractivity contribution in [1.82, 2.24) is 4.57 Å². The number of aliphatic hydroxyl groups excluding tert-OH is 2. The fourth-order valence-electron chi connectivity index (χ4n) is 2.15. The Morgan fingerprint density at radius 1 is 0.900 bits per heavy atom. The SMILES string of the molecule is O=[N+]([O-])C(O)=c1ccc(=C(O)n2c3ccc2cc3)cc1. The lowest BCUT2D eigenvalue weighted by Crippen LogP contribution is -2.17. The third-order valence-corrected chi connectivity index (χ3v) is 3.15. The second kappa shape index (κ2) is 4.27. The first-order chi connectivity index (χ1) is 9.58. The number of nitrogens with zero attached hydrogens (tertiary/aromatic N) is 2. The first kappa shape index (κ1) is 12.0. The van der Waals surface area contributed by atoms with Crippen LogP contribution >= 0.6 is 0 Å². The summed E-state index contributed by atoms with van der Waals surface area (Å²) in [4.78, 5) is 9.59. The summed E-state index contributed by atoms with van der Waals surface area (Å²) >= 11 is 0. The average Bonchev–Trinajstić information content (AvgIpc) is 3.06. The molecule has 0 saturated heterocycles. The molecule has 0 unspecified atom stereocenters. The van der Waals surface area contributed by atoms with E-state index in [9.17, 15) is 20.3 Å². The molecule has 2 heterocycles. The Kier molecular flexibility index (Phi) is 2.57.